The van der Waals surface area contributed by atoms with Gasteiger partial charge in [-0.15, -0.1) is 0 Å². The van der Waals surface area contributed by atoms with Crippen molar-refractivity contribution in [2.24, 2.45) is 0 Å². The highest BCUT2D eigenvalue weighted by Crippen LogP contribution is 2.24. The summed E-state index contributed by atoms with van der Waals surface area (Å²) in [7, 11) is 0. The number of hydrogen-bond acceptors (Lipinski definition) is 2. The van der Waals surface area contributed by atoms with Crippen LogP contribution in [0.15, 0.2) is 42.5 Å². The lowest BCUT2D eigenvalue weighted by molar-refractivity contribution is -0.127. The molecule has 0 radical (unpaired) electrons. The van der Waals surface area contributed by atoms with Gasteiger partial charge in [0.1, 0.15) is 5.75 Å². The summed E-state index contributed by atoms with van der Waals surface area (Å²) in [6.07, 6.45) is -0.622. The van der Waals surface area contributed by atoms with Gasteiger partial charge in [0.15, 0.2) is 6.10 Å². The molecule has 0 unspecified atom stereocenters. The molecular formula is C19H22ClNO2. The Morgan fingerprint density at radius 2 is 1.83 bits per heavy atom. The van der Waals surface area contributed by atoms with Crippen molar-refractivity contribution in [1.82, 2.24) is 5.32 Å². The van der Waals surface area contributed by atoms with Crippen molar-refractivity contribution >= 4 is 17.5 Å². The summed E-state index contributed by atoms with van der Waals surface area (Å²) in [5.74, 6) is 0.341. The summed E-state index contributed by atoms with van der Waals surface area (Å²) in [5, 5.41) is 3.48. The summed E-state index contributed by atoms with van der Waals surface area (Å²) in [6.45, 7) is 7.79. The van der Waals surface area contributed by atoms with Crippen molar-refractivity contribution < 1.29 is 9.53 Å². The summed E-state index contributed by atoms with van der Waals surface area (Å²) in [4.78, 5) is 12.3. The second-order valence-corrected chi connectivity index (χ2v) is 6.19. The highest BCUT2D eigenvalue weighted by atomic mass is 35.5. The van der Waals surface area contributed by atoms with Crippen LogP contribution in [-0.2, 0) is 4.79 Å². The zero-order valence-electron chi connectivity index (χ0n) is 13.9. The second-order valence-electron chi connectivity index (χ2n) is 5.78. The van der Waals surface area contributed by atoms with E-state index in [2.05, 4.69) is 37.4 Å². The SMILES string of the molecule is Cc1ccc([C@@H](C)NC(=O)[C@@H](C)Oc2ccccc2Cl)c(C)c1. The van der Waals surface area contributed by atoms with E-state index in [1.54, 1.807) is 19.1 Å². The molecule has 1 N–H and O–H groups in total. The number of ether oxygens (including phenoxy) is 1. The molecule has 0 bridgehead atoms. The van der Waals surface area contributed by atoms with Crippen LogP contribution in [-0.4, -0.2) is 12.0 Å². The first-order valence-electron chi connectivity index (χ1n) is 7.67. The standard InChI is InChI=1S/C19H22ClNO2/c1-12-9-10-16(13(2)11-12)14(3)21-19(22)15(4)23-18-8-6-5-7-17(18)20/h5-11,14-15H,1-4H3,(H,21,22)/t14-,15-/m1/s1. The highest BCUT2D eigenvalue weighted by molar-refractivity contribution is 6.32. The van der Waals surface area contributed by atoms with E-state index in [0.29, 0.717) is 10.8 Å². The van der Waals surface area contributed by atoms with E-state index in [9.17, 15) is 4.79 Å². The number of carbonyl (C=O) groups is 1. The maximum Gasteiger partial charge on any atom is 0.261 e. The van der Waals surface area contributed by atoms with Gasteiger partial charge in [0, 0.05) is 0 Å². The van der Waals surface area contributed by atoms with Gasteiger partial charge in [0.2, 0.25) is 0 Å². The molecular weight excluding hydrogens is 310 g/mol. The summed E-state index contributed by atoms with van der Waals surface area (Å²) >= 11 is 6.05. The Hall–Kier alpha value is -2.00. The molecule has 2 atom stereocenters. The molecule has 4 heteroatoms. The maximum atomic E-state index is 12.3. The molecule has 0 fully saturated rings. The Bertz CT molecular complexity index is 700. The second kappa shape index (κ2) is 7.51. The van der Waals surface area contributed by atoms with Gasteiger partial charge in [0.05, 0.1) is 11.1 Å². The van der Waals surface area contributed by atoms with Gasteiger partial charge in [-0.1, -0.05) is 47.5 Å². The quantitative estimate of drug-likeness (QED) is 0.869. The normalized spacial score (nSPS) is 13.3. The fourth-order valence-corrected chi connectivity index (χ4v) is 2.68. The van der Waals surface area contributed by atoms with Crippen molar-refractivity contribution in [3.8, 4) is 5.75 Å². The number of benzene rings is 2. The van der Waals surface area contributed by atoms with Crippen LogP contribution < -0.4 is 10.1 Å². The third-order valence-corrected chi connectivity index (χ3v) is 4.07. The molecule has 0 aliphatic rings. The largest absolute Gasteiger partial charge is 0.479 e. The lowest BCUT2D eigenvalue weighted by Crippen LogP contribution is -2.38. The van der Waals surface area contributed by atoms with E-state index in [1.165, 1.54) is 5.56 Å². The first-order chi connectivity index (χ1) is 10.9. The van der Waals surface area contributed by atoms with E-state index in [4.69, 9.17) is 16.3 Å². The van der Waals surface area contributed by atoms with Crippen molar-refractivity contribution in [1.29, 1.82) is 0 Å². The molecule has 1 amide bonds. The molecule has 0 aliphatic heterocycles. The molecule has 3 nitrogen and oxygen atoms in total. The van der Waals surface area contributed by atoms with Crippen LogP contribution >= 0.6 is 11.6 Å². The highest BCUT2D eigenvalue weighted by Gasteiger charge is 2.19. The van der Waals surface area contributed by atoms with Gasteiger partial charge in [0.25, 0.3) is 5.91 Å². The van der Waals surface area contributed by atoms with Gasteiger partial charge < -0.3 is 10.1 Å². The number of nitrogens with one attached hydrogen (secondary N) is 1. The van der Waals surface area contributed by atoms with E-state index < -0.39 is 6.10 Å². The van der Waals surface area contributed by atoms with Crippen LogP contribution in [0.3, 0.4) is 0 Å². The van der Waals surface area contributed by atoms with E-state index in [-0.39, 0.29) is 11.9 Å². The van der Waals surface area contributed by atoms with Gasteiger partial charge >= 0.3 is 0 Å². The van der Waals surface area contributed by atoms with Crippen LogP contribution in [0.2, 0.25) is 5.02 Å². The minimum Gasteiger partial charge on any atom is -0.479 e. The predicted molar refractivity (Wildman–Crippen MR) is 94.0 cm³/mol. The van der Waals surface area contributed by atoms with Crippen molar-refractivity contribution in [3.05, 3.63) is 64.2 Å². The molecule has 0 spiro atoms. The number of halogens is 1. The Labute approximate surface area is 142 Å². The Morgan fingerprint density at radius 1 is 1.13 bits per heavy atom. The zero-order valence-corrected chi connectivity index (χ0v) is 14.6. The van der Waals surface area contributed by atoms with Crippen molar-refractivity contribution in [2.45, 2.75) is 39.8 Å². The molecule has 23 heavy (non-hydrogen) atoms. The van der Waals surface area contributed by atoms with E-state index in [1.807, 2.05) is 19.1 Å². The van der Waals surface area contributed by atoms with Gasteiger partial charge in [-0.2, -0.15) is 0 Å². The maximum absolute atomic E-state index is 12.3. The number of hydrogen-bond donors (Lipinski definition) is 1. The van der Waals surface area contributed by atoms with Crippen LogP contribution in [0.4, 0.5) is 0 Å². The van der Waals surface area contributed by atoms with Crippen molar-refractivity contribution in [3.63, 3.8) is 0 Å². The molecule has 0 saturated heterocycles. The predicted octanol–water partition coefficient (Wildman–Crippen LogP) is 4.60. The minimum atomic E-state index is -0.622. The van der Waals surface area contributed by atoms with Crippen LogP contribution in [0.1, 0.15) is 36.6 Å². The van der Waals surface area contributed by atoms with Crippen LogP contribution in [0.25, 0.3) is 0 Å². The monoisotopic (exact) mass is 331 g/mol. The van der Waals surface area contributed by atoms with Crippen LogP contribution in [0, 0.1) is 13.8 Å². The summed E-state index contributed by atoms with van der Waals surface area (Å²) in [6, 6.07) is 13.3. The molecule has 2 rings (SSSR count). The first kappa shape index (κ1) is 17.4. The van der Waals surface area contributed by atoms with Gasteiger partial charge in [-0.3, -0.25) is 4.79 Å². The molecule has 0 aliphatic carbocycles. The van der Waals surface area contributed by atoms with Gasteiger partial charge in [-0.25, -0.2) is 0 Å². The third-order valence-electron chi connectivity index (χ3n) is 3.76. The number of para-hydroxylation sites is 1. The van der Waals surface area contributed by atoms with E-state index in [0.717, 1.165) is 11.1 Å². The van der Waals surface area contributed by atoms with Crippen LogP contribution in [0.5, 0.6) is 5.75 Å². The minimum absolute atomic E-state index is 0.0830. The lowest BCUT2D eigenvalue weighted by Gasteiger charge is -2.21. The smallest absolute Gasteiger partial charge is 0.261 e. The average Bonchev–Trinajstić information content (AvgIpc) is 2.49. The summed E-state index contributed by atoms with van der Waals surface area (Å²) < 4.78 is 5.65. The Morgan fingerprint density at radius 3 is 2.48 bits per heavy atom. The average molecular weight is 332 g/mol. The third kappa shape index (κ3) is 4.49. The molecule has 2 aromatic rings. The number of carbonyl (C=O) groups excluding carboxylic acids is 1. The number of rotatable bonds is 5. The van der Waals surface area contributed by atoms with Gasteiger partial charge in [-0.05, 0) is 51.0 Å². The fraction of sp³-hybridized carbons (Fsp3) is 0.316. The zero-order chi connectivity index (χ0) is 17.0. The first-order valence-corrected chi connectivity index (χ1v) is 8.05. The van der Waals surface area contributed by atoms with E-state index >= 15 is 0 Å². The molecule has 0 heterocycles. The molecule has 0 aromatic heterocycles. The lowest BCUT2D eigenvalue weighted by atomic mass is 10.0. The Kier molecular flexibility index (Phi) is 5.67. The van der Waals surface area contributed by atoms with Crippen molar-refractivity contribution in [2.75, 3.05) is 0 Å². The molecule has 0 saturated carbocycles. The topological polar surface area (TPSA) is 38.3 Å². The number of aryl methyl sites for hydroxylation is 2. The molecule has 2 aromatic carbocycles. The Balaban J connectivity index is 2.01. The summed E-state index contributed by atoms with van der Waals surface area (Å²) in [5.41, 5.74) is 3.48. The number of amides is 1. The molecule has 122 valence electrons. The fourth-order valence-electron chi connectivity index (χ4n) is 2.50.